The van der Waals surface area contributed by atoms with E-state index >= 15 is 0 Å². The molecule has 3 aliphatic heterocycles. The number of hydrogen-bond acceptors (Lipinski definition) is 6. The summed E-state index contributed by atoms with van der Waals surface area (Å²) >= 11 is 3.81. The lowest BCUT2D eigenvalue weighted by Gasteiger charge is -2.46. The van der Waals surface area contributed by atoms with E-state index < -0.39 is 5.41 Å². The van der Waals surface area contributed by atoms with Crippen molar-refractivity contribution < 1.29 is 9.47 Å². The van der Waals surface area contributed by atoms with Gasteiger partial charge < -0.3 is 19.3 Å². The number of hydrogen-bond donors (Lipinski definition) is 0. The van der Waals surface area contributed by atoms with Crippen molar-refractivity contribution in [1.29, 1.82) is 0 Å². The Morgan fingerprint density at radius 3 is 1.90 bits per heavy atom. The first-order valence-electron chi connectivity index (χ1n) is 25.0. The summed E-state index contributed by atoms with van der Waals surface area (Å²) in [6.07, 6.45) is 18.2. The molecule has 0 aromatic heterocycles. The summed E-state index contributed by atoms with van der Waals surface area (Å²) in [5.41, 5.74) is 15.0. The predicted molar refractivity (Wildman–Crippen MR) is 299 cm³/mol. The van der Waals surface area contributed by atoms with Crippen LogP contribution in [0.4, 0.5) is 34.1 Å². The van der Waals surface area contributed by atoms with Gasteiger partial charge in [0.1, 0.15) is 5.75 Å². The maximum absolute atomic E-state index is 7.43. The molecule has 4 nitrogen and oxygen atoms in total. The number of benzene rings is 8. The summed E-state index contributed by atoms with van der Waals surface area (Å²) in [5.74, 6) is 1.72. The third-order valence-electron chi connectivity index (χ3n) is 15.4. The lowest BCUT2D eigenvalue weighted by molar-refractivity contribution is 0.0356. The van der Waals surface area contributed by atoms with E-state index in [1.807, 2.05) is 11.8 Å². The highest BCUT2D eigenvalue weighted by molar-refractivity contribution is 8.01. The fourth-order valence-electron chi connectivity index (χ4n) is 12.2. The average molecular weight is 967 g/mol. The van der Waals surface area contributed by atoms with Crippen LogP contribution in [0.15, 0.2) is 258 Å². The minimum atomic E-state index is -0.798. The van der Waals surface area contributed by atoms with E-state index in [4.69, 9.17) is 9.47 Å². The van der Waals surface area contributed by atoms with Gasteiger partial charge >= 0.3 is 0 Å². The van der Waals surface area contributed by atoms with Gasteiger partial charge in [-0.25, -0.2) is 0 Å². The molecule has 0 spiro atoms. The van der Waals surface area contributed by atoms with Crippen molar-refractivity contribution in [3.05, 3.63) is 281 Å². The Balaban J connectivity index is 1.06. The quantitative estimate of drug-likeness (QED) is 0.165. The molecule has 348 valence electrons. The predicted octanol–water partition coefficient (Wildman–Crippen LogP) is 17.1. The topological polar surface area (TPSA) is 24.9 Å². The van der Waals surface area contributed by atoms with E-state index in [2.05, 4.69) is 266 Å². The molecule has 72 heavy (non-hydrogen) atoms. The van der Waals surface area contributed by atoms with Crippen molar-refractivity contribution in [3.63, 3.8) is 0 Å². The first kappa shape index (κ1) is 43.3. The van der Waals surface area contributed by atoms with Gasteiger partial charge in [0.05, 0.1) is 55.0 Å². The maximum atomic E-state index is 7.43. The van der Waals surface area contributed by atoms with Crippen molar-refractivity contribution in [2.24, 2.45) is 0 Å². The van der Waals surface area contributed by atoms with Gasteiger partial charge in [-0.2, -0.15) is 0 Å². The van der Waals surface area contributed by atoms with Crippen molar-refractivity contribution in [1.82, 2.24) is 0 Å². The Hall–Kier alpha value is -7.48. The molecule has 14 rings (SSSR count). The van der Waals surface area contributed by atoms with Gasteiger partial charge in [-0.15, -0.1) is 11.8 Å². The highest BCUT2D eigenvalue weighted by Gasteiger charge is 2.50. The van der Waals surface area contributed by atoms with Crippen LogP contribution in [-0.2, 0) is 15.6 Å². The molecule has 0 bridgehead atoms. The summed E-state index contributed by atoms with van der Waals surface area (Å²) in [6.45, 7) is 4.76. The monoisotopic (exact) mass is 966 g/mol. The minimum absolute atomic E-state index is 0.0181. The first-order valence-corrected chi connectivity index (χ1v) is 26.7. The molecule has 0 amide bonds. The van der Waals surface area contributed by atoms with Crippen molar-refractivity contribution in [2.45, 2.75) is 57.2 Å². The molecule has 0 N–H and O–H groups in total. The Labute approximate surface area is 430 Å². The van der Waals surface area contributed by atoms with Crippen molar-refractivity contribution in [2.75, 3.05) is 9.80 Å². The molecular weight excluding hydrogens is 917 g/mol. The molecule has 0 saturated carbocycles. The zero-order valence-electron chi connectivity index (χ0n) is 39.9. The van der Waals surface area contributed by atoms with Gasteiger partial charge in [0.25, 0.3) is 0 Å². The third kappa shape index (κ3) is 6.66. The standard InChI is InChI=1S/C66H50N2O2S2/c1-65(2)51-29-15-16-30-54(51)68(55-39-35-47(41-53(55)65)67(45-25-11-5-12-26-45)46-27-13-6-14-28-46)56-42-52-49(63-64(56)72-60-34-20-18-32-58(60)70-63)37-36-48-50(38-40-61-62(48)69-57-31-17-19-33-59(57)71-61)66(52,43-21-7-3-8-22-43)44-23-9-4-10-24-44/h3-42,57,59,61-62H,1-2H3. The smallest absolute Gasteiger partial charge is 0.151 e. The van der Waals surface area contributed by atoms with Gasteiger partial charge in [0, 0.05) is 28.0 Å². The fraction of sp³-hybridized carbons (Fsp3) is 0.121. The van der Waals surface area contributed by atoms with Crippen LogP contribution >= 0.6 is 23.5 Å². The molecule has 3 heterocycles. The molecule has 4 unspecified atom stereocenters. The van der Waals surface area contributed by atoms with Crippen LogP contribution in [0, 0.1) is 0 Å². The first-order chi connectivity index (χ1) is 35.5. The highest BCUT2D eigenvalue weighted by atomic mass is 32.2. The largest absolute Gasteiger partial charge is 0.454 e. The average Bonchev–Trinajstić information content (AvgIpc) is 3.59. The third-order valence-corrected chi connectivity index (χ3v) is 18.1. The maximum Gasteiger partial charge on any atom is 0.151 e. The Morgan fingerprint density at radius 2 is 1.17 bits per heavy atom. The summed E-state index contributed by atoms with van der Waals surface area (Å²) in [4.78, 5) is 7.07. The number of ether oxygens (including phenoxy) is 2. The van der Waals surface area contributed by atoms with E-state index in [1.165, 1.54) is 33.4 Å². The van der Waals surface area contributed by atoms with Crippen LogP contribution in [0.1, 0.15) is 47.2 Å². The minimum Gasteiger partial charge on any atom is -0.454 e. The summed E-state index contributed by atoms with van der Waals surface area (Å²) in [7, 11) is 0. The van der Waals surface area contributed by atoms with Crippen LogP contribution in [-0.4, -0.2) is 22.7 Å². The number of rotatable bonds is 6. The normalized spacial score (nSPS) is 21.1. The number of allylic oxidation sites excluding steroid dienone is 4. The van der Waals surface area contributed by atoms with Crippen LogP contribution in [0.2, 0.25) is 0 Å². The van der Waals surface area contributed by atoms with E-state index in [-0.39, 0.29) is 28.1 Å². The zero-order valence-corrected chi connectivity index (χ0v) is 41.6. The van der Waals surface area contributed by atoms with E-state index in [0.29, 0.717) is 0 Å². The van der Waals surface area contributed by atoms with Crippen LogP contribution in [0.5, 0.6) is 11.5 Å². The van der Waals surface area contributed by atoms with Gasteiger partial charge in [-0.1, -0.05) is 202 Å². The number of nitrogens with zero attached hydrogens (tertiary/aromatic N) is 2. The number of fused-ring (bicyclic) bond motifs is 9. The molecule has 1 fully saturated rings. The lowest BCUT2D eigenvalue weighted by Crippen LogP contribution is -2.45. The lowest BCUT2D eigenvalue weighted by atomic mass is 9.62. The molecule has 4 atom stereocenters. The molecule has 0 radical (unpaired) electrons. The molecular formula is C66H50N2O2S2. The molecule has 8 aromatic rings. The summed E-state index contributed by atoms with van der Waals surface area (Å²) < 4.78 is 14.7. The van der Waals surface area contributed by atoms with Crippen LogP contribution < -0.4 is 14.5 Å². The molecule has 6 aliphatic rings. The molecule has 6 heteroatoms. The second kappa shape index (κ2) is 17.1. The second-order valence-corrected chi connectivity index (χ2v) is 22.2. The highest BCUT2D eigenvalue weighted by Crippen LogP contribution is 2.63. The fourth-order valence-corrected chi connectivity index (χ4v) is 14.6. The van der Waals surface area contributed by atoms with Gasteiger partial charge in [-0.05, 0) is 106 Å². The number of thioether (sulfide) groups is 1. The Kier molecular flexibility index (Phi) is 10.3. The van der Waals surface area contributed by atoms with Crippen LogP contribution in [0.25, 0.3) is 6.08 Å². The zero-order chi connectivity index (χ0) is 48.0. The van der Waals surface area contributed by atoms with E-state index in [9.17, 15) is 0 Å². The summed E-state index contributed by atoms with van der Waals surface area (Å²) in [5, 5.41) is 0.410. The molecule has 8 aromatic carbocycles. The molecule has 3 aliphatic carbocycles. The van der Waals surface area contributed by atoms with Crippen molar-refractivity contribution in [3.8, 4) is 11.5 Å². The Morgan fingerprint density at radius 1 is 0.528 bits per heavy atom. The SMILES string of the molecule is CC1(C)c2ccccc2N(c2cc3c(c4c2Sc2ccccc2O4)C=CC2=C(C=CC4SC5C=CC=CC5OC24)C3(c2ccccc2)c2ccccc2)c2ccc(N(c3ccccc3)c3ccccc3)cc21. The van der Waals surface area contributed by atoms with E-state index in [0.717, 1.165) is 66.5 Å². The van der Waals surface area contributed by atoms with Crippen LogP contribution in [0.3, 0.4) is 0 Å². The number of anilines is 6. The van der Waals surface area contributed by atoms with Gasteiger partial charge in [0.15, 0.2) is 5.75 Å². The molecule has 1 saturated heterocycles. The van der Waals surface area contributed by atoms with Gasteiger partial charge in [-0.3, -0.25) is 0 Å². The summed E-state index contributed by atoms with van der Waals surface area (Å²) in [6, 6.07) is 70.8. The van der Waals surface area contributed by atoms with E-state index in [1.54, 1.807) is 11.8 Å². The van der Waals surface area contributed by atoms with Gasteiger partial charge in [0.2, 0.25) is 0 Å². The van der Waals surface area contributed by atoms with Crippen molar-refractivity contribution >= 4 is 63.7 Å². The Bertz CT molecular complexity index is 3520. The second-order valence-electron chi connectivity index (χ2n) is 19.8. The number of para-hydroxylation sites is 4.